The highest BCUT2D eigenvalue weighted by Gasteiger charge is 2.12. The van der Waals surface area contributed by atoms with E-state index in [-0.39, 0.29) is 5.69 Å². The zero-order chi connectivity index (χ0) is 16.4. The predicted molar refractivity (Wildman–Crippen MR) is 89.6 cm³/mol. The van der Waals surface area contributed by atoms with Crippen LogP contribution in [0.1, 0.15) is 16.1 Å². The molecule has 3 N–H and O–H groups in total. The Balaban J connectivity index is 1.47. The van der Waals surface area contributed by atoms with Gasteiger partial charge in [0.2, 0.25) is 0 Å². The first-order valence-electron chi connectivity index (χ1n) is 7.30. The topological polar surface area (TPSA) is 99.1 Å². The first-order chi connectivity index (χ1) is 11.8. The number of para-hydroxylation sites is 1. The number of hydrogen-bond donors (Lipinski definition) is 3. The summed E-state index contributed by atoms with van der Waals surface area (Å²) >= 11 is 0. The molecule has 7 nitrogen and oxygen atoms in total. The van der Waals surface area contributed by atoms with Gasteiger partial charge >= 0.3 is 0 Å². The van der Waals surface area contributed by atoms with Crippen molar-refractivity contribution in [2.75, 3.05) is 0 Å². The number of rotatable bonds is 4. The SMILES string of the molecule is O=C(N/N=C\c1c[nH]c2ccccc12)c1cc(-c2ccco2)[nH]n1. The van der Waals surface area contributed by atoms with Gasteiger partial charge in [0.25, 0.3) is 5.91 Å². The number of carbonyl (C=O) groups is 1. The monoisotopic (exact) mass is 319 g/mol. The molecule has 0 aliphatic heterocycles. The number of nitrogens with zero attached hydrogens (tertiary/aromatic N) is 2. The highest BCUT2D eigenvalue weighted by atomic mass is 16.3. The number of carbonyl (C=O) groups excluding carboxylic acids is 1. The first kappa shape index (κ1) is 14.0. The lowest BCUT2D eigenvalue weighted by Crippen LogP contribution is -2.17. The molecule has 7 heteroatoms. The quantitative estimate of drug-likeness (QED) is 0.398. The van der Waals surface area contributed by atoms with Crippen molar-refractivity contribution in [2.24, 2.45) is 5.10 Å². The van der Waals surface area contributed by atoms with E-state index >= 15 is 0 Å². The smallest absolute Gasteiger partial charge is 0.291 e. The molecule has 4 rings (SSSR count). The Hall–Kier alpha value is -3.61. The summed E-state index contributed by atoms with van der Waals surface area (Å²) in [5.74, 6) is 0.212. The van der Waals surface area contributed by atoms with Crippen LogP contribution < -0.4 is 5.43 Å². The van der Waals surface area contributed by atoms with Gasteiger partial charge in [0.05, 0.1) is 12.5 Å². The Labute approximate surface area is 136 Å². The third kappa shape index (κ3) is 2.58. The molecule has 0 saturated heterocycles. The molecule has 0 unspecified atom stereocenters. The van der Waals surface area contributed by atoms with Gasteiger partial charge in [-0.2, -0.15) is 10.2 Å². The average Bonchev–Trinajstić information content (AvgIpc) is 3.35. The van der Waals surface area contributed by atoms with Crippen molar-refractivity contribution < 1.29 is 9.21 Å². The van der Waals surface area contributed by atoms with E-state index in [0.29, 0.717) is 11.5 Å². The van der Waals surface area contributed by atoms with Gasteiger partial charge in [0.1, 0.15) is 5.69 Å². The summed E-state index contributed by atoms with van der Waals surface area (Å²) in [6.07, 6.45) is 4.99. The van der Waals surface area contributed by atoms with Crippen LogP contribution in [0.25, 0.3) is 22.4 Å². The summed E-state index contributed by atoms with van der Waals surface area (Å²) in [6, 6.07) is 13.0. The molecule has 3 heterocycles. The number of hydrazone groups is 1. The van der Waals surface area contributed by atoms with Crippen LogP contribution in [0.15, 0.2) is 64.4 Å². The van der Waals surface area contributed by atoms with Gasteiger partial charge in [0.15, 0.2) is 11.5 Å². The molecule has 0 saturated carbocycles. The molecule has 24 heavy (non-hydrogen) atoms. The standard InChI is InChI=1S/C17H13N5O2/c23-17(15-8-14(20-21-15)16-6-3-7-24-16)22-19-10-11-9-18-13-5-2-1-4-12(11)13/h1-10,18H,(H,20,21)(H,22,23)/b19-10-. The number of fused-ring (bicyclic) bond motifs is 1. The Morgan fingerprint density at radius 2 is 2.17 bits per heavy atom. The number of H-pyrrole nitrogens is 2. The number of amides is 1. The second-order valence-electron chi connectivity index (χ2n) is 5.13. The first-order valence-corrected chi connectivity index (χ1v) is 7.30. The Kier molecular flexibility index (Phi) is 3.43. The van der Waals surface area contributed by atoms with Crippen molar-refractivity contribution in [3.63, 3.8) is 0 Å². The number of nitrogens with one attached hydrogen (secondary N) is 3. The molecule has 4 aromatic rings. The van der Waals surface area contributed by atoms with E-state index in [2.05, 4.69) is 25.7 Å². The molecule has 3 aromatic heterocycles. The molecule has 0 spiro atoms. The molecule has 0 aliphatic carbocycles. The molecular weight excluding hydrogens is 306 g/mol. The van der Waals surface area contributed by atoms with E-state index in [1.807, 2.05) is 30.5 Å². The van der Waals surface area contributed by atoms with Crippen LogP contribution in [0.4, 0.5) is 0 Å². The van der Waals surface area contributed by atoms with E-state index in [0.717, 1.165) is 16.5 Å². The Morgan fingerprint density at radius 1 is 1.25 bits per heavy atom. The van der Waals surface area contributed by atoms with Crippen molar-refractivity contribution in [2.45, 2.75) is 0 Å². The van der Waals surface area contributed by atoms with Gasteiger partial charge < -0.3 is 9.40 Å². The van der Waals surface area contributed by atoms with Crippen molar-refractivity contribution in [3.8, 4) is 11.5 Å². The summed E-state index contributed by atoms with van der Waals surface area (Å²) in [4.78, 5) is 15.2. The maximum Gasteiger partial charge on any atom is 0.291 e. The number of furan rings is 1. The minimum Gasteiger partial charge on any atom is -0.463 e. The third-order valence-electron chi connectivity index (χ3n) is 3.59. The van der Waals surface area contributed by atoms with Gasteiger partial charge in [-0.25, -0.2) is 5.43 Å². The van der Waals surface area contributed by atoms with Crippen LogP contribution in [0, 0.1) is 0 Å². The number of hydrogen-bond acceptors (Lipinski definition) is 4. The molecule has 0 atom stereocenters. The van der Waals surface area contributed by atoms with Crippen molar-refractivity contribution in [1.82, 2.24) is 20.6 Å². The largest absolute Gasteiger partial charge is 0.463 e. The van der Waals surface area contributed by atoms with Crippen molar-refractivity contribution >= 4 is 23.0 Å². The lowest BCUT2D eigenvalue weighted by atomic mass is 10.2. The zero-order valence-corrected chi connectivity index (χ0v) is 12.5. The normalized spacial score (nSPS) is 11.3. The highest BCUT2D eigenvalue weighted by Crippen LogP contribution is 2.18. The number of benzene rings is 1. The Morgan fingerprint density at radius 3 is 3.04 bits per heavy atom. The fourth-order valence-electron chi connectivity index (χ4n) is 2.41. The summed E-state index contributed by atoms with van der Waals surface area (Å²) in [7, 11) is 0. The lowest BCUT2D eigenvalue weighted by Gasteiger charge is -1.94. The van der Waals surface area contributed by atoms with Crippen LogP contribution in [0.5, 0.6) is 0 Å². The lowest BCUT2D eigenvalue weighted by molar-refractivity contribution is 0.0950. The van der Waals surface area contributed by atoms with Crippen molar-refractivity contribution in [3.05, 3.63) is 66.2 Å². The van der Waals surface area contributed by atoms with Gasteiger partial charge in [-0.05, 0) is 18.2 Å². The molecule has 118 valence electrons. The molecule has 1 aromatic carbocycles. The minimum absolute atomic E-state index is 0.234. The van der Waals surface area contributed by atoms with E-state index in [4.69, 9.17) is 4.42 Å². The van der Waals surface area contributed by atoms with E-state index in [1.165, 1.54) is 0 Å². The van der Waals surface area contributed by atoms with Gasteiger partial charge in [0, 0.05) is 28.7 Å². The maximum absolute atomic E-state index is 12.1. The summed E-state index contributed by atoms with van der Waals surface area (Å²) < 4.78 is 5.25. The molecular formula is C17H13N5O2. The fourth-order valence-corrected chi connectivity index (χ4v) is 2.41. The summed E-state index contributed by atoms with van der Waals surface area (Å²) in [6.45, 7) is 0. The maximum atomic E-state index is 12.1. The molecule has 0 bridgehead atoms. The number of aromatic amines is 2. The van der Waals surface area contributed by atoms with Crippen LogP contribution in [-0.4, -0.2) is 27.3 Å². The Bertz CT molecular complexity index is 1010. The van der Waals surface area contributed by atoms with Gasteiger partial charge in [-0.15, -0.1) is 0 Å². The van der Waals surface area contributed by atoms with Crippen LogP contribution in [0.2, 0.25) is 0 Å². The summed E-state index contributed by atoms with van der Waals surface area (Å²) in [5.41, 5.74) is 5.24. The average molecular weight is 319 g/mol. The molecule has 0 radical (unpaired) electrons. The van der Waals surface area contributed by atoms with E-state index in [1.54, 1.807) is 30.7 Å². The third-order valence-corrected chi connectivity index (χ3v) is 3.59. The summed E-state index contributed by atoms with van der Waals surface area (Å²) in [5, 5.41) is 11.7. The van der Waals surface area contributed by atoms with Gasteiger partial charge in [-0.3, -0.25) is 9.89 Å². The molecule has 0 aliphatic rings. The second-order valence-corrected chi connectivity index (χ2v) is 5.13. The van der Waals surface area contributed by atoms with Crippen LogP contribution >= 0.6 is 0 Å². The van der Waals surface area contributed by atoms with E-state index < -0.39 is 5.91 Å². The van der Waals surface area contributed by atoms with E-state index in [9.17, 15) is 4.79 Å². The zero-order valence-electron chi connectivity index (χ0n) is 12.5. The number of aromatic nitrogens is 3. The van der Waals surface area contributed by atoms with Crippen LogP contribution in [0.3, 0.4) is 0 Å². The van der Waals surface area contributed by atoms with Crippen molar-refractivity contribution in [1.29, 1.82) is 0 Å². The van der Waals surface area contributed by atoms with Crippen LogP contribution in [-0.2, 0) is 0 Å². The predicted octanol–water partition coefficient (Wildman–Crippen LogP) is 2.91. The molecule has 1 amide bonds. The fraction of sp³-hybridized carbons (Fsp3) is 0. The minimum atomic E-state index is -0.403. The highest BCUT2D eigenvalue weighted by molar-refractivity contribution is 6.00. The second kappa shape index (κ2) is 5.88. The van der Waals surface area contributed by atoms with Gasteiger partial charge in [-0.1, -0.05) is 18.2 Å². The molecule has 0 fully saturated rings.